The van der Waals surface area contributed by atoms with Gasteiger partial charge in [-0.2, -0.15) is 0 Å². The highest BCUT2D eigenvalue weighted by atomic mass is 16.5. The number of benzene rings is 1. The van der Waals surface area contributed by atoms with E-state index in [9.17, 15) is 9.90 Å². The molecule has 1 aliphatic rings. The molecular weight excluding hydrogens is 266 g/mol. The summed E-state index contributed by atoms with van der Waals surface area (Å²) in [4.78, 5) is 13.8. The Balaban J connectivity index is 1.81. The molecule has 1 saturated heterocycles. The Labute approximate surface area is 126 Å². The third-order valence-corrected chi connectivity index (χ3v) is 4.10. The van der Waals surface area contributed by atoms with Gasteiger partial charge in [0.05, 0.1) is 5.60 Å². The number of carbonyl (C=O) groups is 1. The van der Waals surface area contributed by atoms with Gasteiger partial charge in [0.15, 0.2) is 6.61 Å². The minimum absolute atomic E-state index is 0.0153. The molecule has 4 heteroatoms. The molecule has 1 heterocycles. The Bertz CT molecular complexity index is 469. The first-order valence-corrected chi connectivity index (χ1v) is 7.60. The van der Waals surface area contributed by atoms with E-state index >= 15 is 0 Å². The molecule has 0 saturated carbocycles. The molecule has 116 valence electrons. The van der Waals surface area contributed by atoms with E-state index in [0.717, 1.165) is 5.75 Å². The van der Waals surface area contributed by atoms with Gasteiger partial charge in [-0.15, -0.1) is 0 Å². The van der Waals surface area contributed by atoms with Crippen LogP contribution in [0.1, 0.15) is 45.1 Å². The Morgan fingerprint density at radius 3 is 2.38 bits per heavy atom. The van der Waals surface area contributed by atoms with Crippen LogP contribution in [-0.4, -0.2) is 41.2 Å². The van der Waals surface area contributed by atoms with E-state index in [0.29, 0.717) is 31.8 Å². The standard InChI is InChI=1S/C17H25NO3/c1-13(2)14-4-6-15(7-5-14)21-12-16(19)18-10-8-17(3,20)9-11-18/h4-7,13,20H,8-12H2,1-3H3. The van der Waals surface area contributed by atoms with Crippen molar-refractivity contribution in [2.24, 2.45) is 0 Å². The molecule has 0 aromatic heterocycles. The van der Waals surface area contributed by atoms with Gasteiger partial charge in [0.25, 0.3) is 5.91 Å². The fourth-order valence-corrected chi connectivity index (χ4v) is 2.42. The number of nitrogens with zero attached hydrogens (tertiary/aromatic N) is 1. The quantitative estimate of drug-likeness (QED) is 0.927. The number of rotatable bonds is 4. The molecule has 1 fully saturated rings. The van der Waals surface area contributed by atoms with Crippen LogP contribution in [0.15, 0.2) is 24.3 Å². The summed E-state index contributed by atoms with van der Waals surface area (Å²) >= 11 is 0. The van der Waals surface area contributed by atoms with Crippen molar-refractivity contribution in [3.63, 3.8) is 0 Å². The molecule has 0 atom stereocenters. The van der Waals surface area contributed by atoms with Crippen molar-refractivity contribution in [2.75, 3.05) is 19.7 Å². The van der Waals surface area contributed by atoms with Crippen LogP contribution in [-0.2, 0) is 4.79 Å². The number of ether oxygens (including phenoxy) is 1. The molecule has 1 aromatic rings. The zero-order chi connectivity index (χ0) is 15.5. The van der Waals surface area contributed by atoms with E-state index in [1.165, 1.54) is 5.56 Å². The average Bonchev–Trinajstić information content (AvgIpc) is 2.45. The predicted molar refractivity (Wildman–Crippen MR) is 82.5 cm³/mol. The number of piperidine rings is 1. The Morgan fingerprint density at radius 1 is 1.29 bits per heavy atom. The number of hydrogen-bond acceptors (Lipinski definition) is 3. The molecule has 0 aliphatic carbocycles. The zero-order valence-electron chi connectivity index (χ0n) is 13.1. The highest BCUT2D eigenvalue weighted by Crippen LogP contribution is 2.22. The second kappa shape index (κ2) is 6.48. The van der Waals surface area contributed by atoms with Crippen molar-refractivity contribution in [3.05, 3.63) is 29.8 Å². The Morgan fingerprint density at radius 2 is 1.86 bits per heavy atom. The normalized spacial score (nSPS) is 17.9. The first-order chi connectivity index (χ1) is 9.87. The number of likely N-dealkylation sites (tertiary alicyclic amines) is 1. The highest BCUT2D eigenvalue weighted by molar-refractivity contribution is 5.77. The lowest BCUT2D eigenvalue weighted by Crippen LogP contribution is -2.46. The van der Waals surface area contributed by atoms with Crippen molar-refractivity contribution < 1.29 is 14.6 Å². The van der Waals surface area contributed by atoms with E-state index in [4.69, 9.17) is 4.74 Å². The number of aliphatic hydroxyl groups is 1. The highest BCUT2D eigenvalue weighted by Gasteiger charge is 2.29. The van der Waals surface area contributed by atoms with Crippen molar-refractivity contribution in [2.45, 2.75) is 45.1 Å². The minimum atomic E-state index is -0.635. The van der Waals surface area contributed by atoms with Crippen molar-refractivity contribution in [3.8, 4) is 5.75 Å². The molecule has 0 spiro atoms. The van der Waals surface area contributed by atoms with Gasteiger partial charge < -0.3 is 14.7 Å². The maximum atomic E-state index is 12.1. The topological polar surface area (TPSA) is 49.8 Å². The summed E-state index contributed by atoms with van der Waals surface area (Å²) in [6.07, 6.45) is 1.25. The molecule has 1 amide bonds. The Hall–Kier alpha value is -1.55. The SMILES string of the molecule is CC(C)c1ccc(OCC(=O)N2CCC(C)(O)CC2)cc1. The van der Waals surface area contributed by atoms with E-state index in [1.807, 2.05) is 31.2 Å². The molecule has 1 aromatic carbocycles. The number of amides is 1. The molecule has 0 bridgehead atoms. The van der Waals surface area contributed by atoms with E-state index in [1.54, 1.807) is 4.90 Å². The van der Waals surface area contributed by atoms with Crippen LogP contribution < -0.4 is 4.74 Å². The smallest absolute Gasteiger partial charge is 0.260 e. The van der Waals surface area contributed by atoms with Crippen molar-refractivity contribution >= 4 is 5.91 Å². The predicted octanol–water partition coefficient (Wildman–Crippen LogP) is 2.56. The molecule has 2 rings (SSSR count). The molecule has 4 nitrogen and oxygen atoms in total. The largest absolute Gasteiger partial charge is 0.484 e. The summed E-state index contributed by atoms with van der Waals surface area (Å²) in [5.41, 5.74) is 0.622. The molecular formula is C17H25NO3. The maximum absolute atomic E-state index is 12.1. The third-order valence-electron chi connectivity index (χ3n) is 4.10. The monoisotopic (exact) mass is 291 g/mol. The average molecular weight is 291 g/mol. The summed E-state index contributed by atoms with van der Waals surface area (Å²) in [5.74, 6) is 1.19. The summed E-state index contributed by atoms with van der Waals surface area (Å²) in [5, 5.41) is 9.88. The summed E-state index contributed by atoms with van der Waals surface area (Å²) in [6.45, 7) is 7.36. The van der Waals surface area contributed by atoms with Gasteiger partial charge in [-0.3, -0.25) is 4.79 Å². The van der Waals surface area contributed by atoms with Gasteiger partial charge in [0, 0.05) is 13.1 Å². The van der Waals surface area contributed by atoms with Crippen LogP contribution in [0.3, 0.4) is 0 Å². The minimum Gasteiger partial charge on any atom is -0.484 e. The lowest BCUT2D eigenvalue weighted by atomic mass is 9.94. The van der Waals surface area contributed by atoms with Crippen LogP contribution in [0, 0.1) is 0 Å². The second-order valence-corrected chi connectivity index (χ2v) is 6.39. The number of hydrogen-bond donors (Lipinski definition) is 1. The summed E-state index contributed by atoms with van der Waals surface area (Å²) in [6, 6.07) is 7.87. The first kappa shape index (κ1) is 15.8. The molecule has 1 N–H and O–H groups in total. The molecule has 21 heavy (non-hydrogen) atoms. The fourth-order valence-electron chi connectivity index (χ4n) is 2.42. The van der Waals surface area contributed by atoms with Gasteiger partial charge in [0.2, 0.25) is 0 Å². The van der Waals surface area contributed by atoms with E-state index < -0.39 is 5.60 Å². The Kier molecular flexibility index (Phi) is 4.88. The molecule has 1 aliphatic heterocycles. The molecule has 0 unspecified atom stereocenters. The van der Waals surface area contributed by atoms with Crippen LogP contribution in [0.25, 0.3) is 0 Å². The summed E-state index contributed by atoms with van der Waals surface area (Å²) in [7, 11) is 0. The maximum Gasteiger partial charge on any atom is 0.260 e. The van der Waals surface area contributed by atoms with Crippen molar-refractivity contribution in [1.29, 1.82) is 0 Å². The van der Waals surface area contributed by atoms with Crippen LogP contribution in [0.4, 0.5) is 0 Å². The third kappa shape index (κ3) is 4.46. The van der Waals surface area contributed by atoms with Crippen LogP contribution in [0.2, 0.25) is 0 Å². The van der Waals surface area contributed by atoms with Crippen molar-refractivity contribution in [1.82, 2.24) is 4.90 Å². The van der Waals surface area contributed by atoms with E-state index in [2.05, 4.69) is 13.8 Å². The van der Waals surface area contributed by atoms with Gasteiger partial charge in [-0.25, -0.2) is 0 Å². The lowest BCUT2D eigenvalue weighted by molar-refractivity contribution is -0.137. The zero-order valence-corrected chi connectivity index (χ0v) is 13.1. The van der Waals surface area contributed by atoms with Gasteiger partial charge in [-0.1, -0.05) is 26.0 Å². The fraction of sp³-hybridized carbons (Fsp3) is 0.588. The lowest BCUT2D eigenvalue weighted by Gasteiger charge is -2.35. The molecule has 0 radical (unpaired) electrons. The first-order valence-electron chi connectivity index (χ1n) is 7.60. The van der Waals surface area contributed by atoms with Gasteiger partial charge >= 0.3 is 0 Å². The second-order valence-electron chi connectivity index (χ2n) is 6.39. The van der Waals surface area contributed by atoms with Gasteiger partial charge in [0.1, 0.15) is 5.75 Å². The van der Waals surface area contributed by atoms with E-state index in [-0.39, 0.29) is 12.5 Å². The van der Waals surface area contributed by atoms with Crippen LogP contribution >= 0.6 is 0 Å². The van der Waals surface area contributed by atoms with Crippen LogP contribution in [0.5, 0.6) is 5.75 Å². The summed E-state index contributed by atoms with van der Waals surface area (Å²) < 4.78 is 5.55. The number of carbonyl (C=O) groups excluding carboxylic acids is 1. The van der Waals surface area contributed by atoms with Gasteiger partial charge in [-0.05, 0) is 43.4 Å².